The molecule has 1 aliphatic rings. The molecule has 0 bridgehead atoms. The Hall–Kier alpha value is -0.890. The van der Waals surface area contributed by atoms with Crippen LogP contribution >= 0.6 is 11.6 Å². The third-order valence-electron chi connectivity index (χ3n) is 3.97. The lowest BCUT2D eigenvalue weighted by molar-refractivity contribution is 0.229. The molecule has 0 saturated heterocycles. The van der Waals surface area contributed by atoms with Gasteiger partial charge in [0, 0.05) is 11.1 Å². The first-order chi connectivity index (χ1) is 9.50. The zero-order chi connectivity index (χ0) is 14.6. The lowest BCUT2D eigenvalue weighted by atomic mass is 9.75. The molecule has 1 atom stereocenters. The second-order valence-corrected chi connectivity index (χ2v) is 7.03. The van der Waals surface area contributed by atoms with Crippen LogP contribution in [-0.2, 0) is 0 Å². The SMILES string of the molecule is CCCOc1ccc(Cl)cc1NC1CCCC(C)(C)C1. The van der Waals surface area contributed by atoms with E-state index in [2.05, 4.69) is 26.1 Å². The van der Waals surface area contributed by atoms with Crippen molar-refractivity contribution in [1.29, 1.82) is 0 Å². The van der Waals surface area contributed by atoms with Gasteiger partial charge >= 0.3 is 0 Å². The predicted octanol–water partition coefficient (Wildman–Crippen LogP) is 5.51. The van der Waals surface area contributed by atoms with Crippen LogP contribution in [0, 0.1) is 5.41 Å². The van der Waals surface area contributed by atoms with Crippen molar-refractivity contribution in [1.82, 2.24) is 0 Å². The van der Waals surface area contributed by atoms with E-state index in [9.17, 15) is 0 Å². The molecule has 0 heterocycles. The number of anilines is 1. The number of halogens is 1. The quantitative estimate of drug-likeness (QED) is 0.773. The molecule has 2 nitrogen and oxygen atoms in total. The van der Waals surface area contributed by atoms with Crippen molar-refractivity contribution in [3.8, 4) is 5.75 Å². The van der Waals surface area contributed by atoms with Crippen LogP contribution in [0.3, 0.4) is 0 Å². The standard InChI is InChI=1S/C17H26ClNO/c1-4-10-20-16-8-7-13(18)11-15(16)19-14-6-5-9-17(2,3)12-14/h7-8,11,14,19H,4-6,9-10,12H2,1-3H3. The maximum atomic E-state index is 6.13. The summed E-state index contributed by atoms with van der Waals surface area (Å²) in [6, 6.07) is 6.35. The fourth-order valence-corrected chi connectivity index (χ4v) is 3.17. The van der Waals surface area contributed by atoms with Gasteiger partial charge in [-0.05, 0) is 49.3 Å². The van der Waals surface area contributed by atoms with Crippen LogP contribution in [0.5, 0.6) is 5.75 Å². The number of rotatable bonds is 5. The van der Waals surface area contributed by atoms with E-state index in [1.165, 1.54) is 25.7 Å². The normalized spacial score (nSPS) is 21.5. The fraction of sp³-hybridized carbons (Fsp3) is 0.647. The molecule has 1 unspecified atom stereocenters. The maximum absolute atomic E-state index is 6.13. The van der Waals surface area contributed by atoms with Gasteiger partial charge in [-0.15, -0.1) is 0 Å². The molecule has 1 saturated carbocycles. The van der Waals surface area contributed by atoms with Gasteiger partial charge in [0.15, 0.2) is 0 Å². The van der Waals surface area contributed by atoms with Gasteiger partial charge in [0.2, 0.25) is 0 Å². The minimum Gasteiger partial charge on any atom is -0.491 e. The van der Waals surface area contributed by atoms with Crippen molar-refractivity contribution in [2.45, 2.75) is 58.9 Å². The molecule has 1 aromatic rings. The highest BCUT2D eigenvalue weighted by Crippen LogP contribution is 2.38. The van der Waals surface area contributed by atoms with Gasteiger partial charge in [-0.3, -0.25) is 0 Å². The van der Waals surface area contributed by atoms with Crippen molar-refractivity contribution in [2.24, 2.45) is 5.41 Å². The molecule has 3 heteroatoms. The van der Waals surface area contributed by atoms with E-state index >= 15 is 0 Å². The molecule has 1 N–H and O–H groups in total. The largest absolute Gasteiger partial charge is 0.491 e. The Morgan fingerprint density at radius 1 is 1.40 bits per heavy atom. The van der Waals surface area contributed by atoms with Crippen molar-refractivity contribution < 1.29 is 4.74 Å². The molecule has 0 amide bonds. The molecule has 1 fully saturated rings. The molecule has 1 aliphatic carbocycles. The van der Waals surface area contributed by atoms with Crippen molar-refractivity contribution in [2.75, 3.05) is 11.9 Å². The van der Waals surface area contributed by atoms with E-state index in [1.54, 1.807) is 0 Å². The third kappa shape index (κ3) is 4.31. The first-order valence-electron chi connectivity index (χ1n) is 7.69. The summed E-state index contributed by atoms with van der Waals surface area (Å²) in [7, 11) is 0. The number of ether oxygens (including phenoxy) is 1. The molecule has 0 spiro atoms. The van der Waals surface area contributed by atoms with E-state index in [-0.39, 0.29) is 0 Å². The van der Waals surface area contributed by atoms with Gasteiger partial charge in [-0.25, -0.2) is 0 Å². The van der Waals surface area contributed by atoms with E-state index in [4.69, 9.17) is 16.3 Å². The van der Waals surface area contributed by atoms with Crippen molar-refractivity contribution in [3.05, 3.63) is 23.2 Å². The Labute approximate surface area is 127 Å². The van der Waals surface area contributed by atoms with Crippen LogP contribution in [0.25, 0.3) is 0 Å². The molecule has 0 radical (unpaired) electrons. The van der Waals surface area contributed by atoms with E-state index < -0.39 is 0 Å². The second kappa shape index (κ2) is 6.71. The van der Waals surface area contributed by atoms with Crippen LogP contribution in [0.1, 0.15) is 52.9 Å². The van der Waals surface area contributed by atoms with Gasteiger partial charge in [0.25, 0.3) is 0 Å². The smallest absolute Gasteiger partial charge is 0.142 e. The lowest BCUT2D eigenvalue weighted by Gasteiger charge is -2.36. The fourth-order valence-electron chi connectivity index (χ4n) is 2.99. The van der Waals surface area contributed by atoms with Gasteiger partial charge in [0.05, 0.1) is 12.3 Å². The summed E-state index contributed by atoms with van der Waals surface area (Å²) in [4.78, 5) is 0. The summed E-state index contributed by atoms with van der Waals surface area (Å²) in [6.07, 6.45) is 6.05. The summed E-state index contributed by atoms with van der Waals surface area (Å²) in [5.74, 6) is 0.916. The monoisotopic (exact) mass is 295 g/mol. The van der Waals surface area contributed by atoms with E-state index in [1.807, 2.05) is 18.2 Å². The lowest BCUT2D eigenvalue weighted by Crippen LogP contribution is -2.31. The molecule has 112 valence electrons. The summed E-state index contributed by atoms with van der Waals surface area (Å²) in [6.45, 7) is 7.57. The molecule has 0 aromatic heterocycles. The van der Waals surface area contributed by atoms with Crippen LogP contribution in [0.15, 0.2) is 18.2 Å². The van der Waals surface area contributed by atoms with E-state index in [0.29, 0.717) is 11.5 Å². The average molecular weight is 296 g/mol. The minimum atomic E-state index is 0.429. The van der Waals surface area contributed by atoms with Crippen LogP contribution in [0.4, 0.5) is 5.69 Å². The predicted molar refractivity (Wildman–Crippen MR) is 86.9 cm³/mol. The molecule has 2 rings (SSSR count). The zero-order valence-corrected chi connectivity index (χ0v) is 13.6. The van der Waals surface area contributed by atoms with E-state index in [0.717, 1.165) is 29.5 Å². The average Bonchev–Trinajstić information content (AvgIpc) is 2.37. The van der Waals surface area contributed by atoms with Gasteiger partial charge in [-0.2, -0.15) is 0 Å². The van der Waals surface area contributed by atoms with Gasteiger partial charge < -0.3 is 10.1 Å². The number of hydrogen-bond donors (Lipinski definition) is 1. The van der Waals surface area contributed by atoms with Gasteiger partial charge in [-0.1, -0.05) is 38.8 Å². The zero-order valence-electron chi connectivity index (χ0n) is 12.8. The Kier molecular flexibility index (Phi) is 5.20. The second-order valence-electron chi connectivity index (χ2n) is 6.59. The minimum absolute atomic E-state index is 0.429. The Bertz CT molecular complexity index is 445. The van der Waals surface area contributed by atoms with Crippen LogP contribution in [-0.4, -0.2) is 12.6 Å². The summed E-state index contributed by atoms with van der Waals surface area (Å²) < 4.78 is 5.81. The molecule has 0 aliphatic heterocycles. The summed E-state index contributed by atoms with van der Waals surface area (Å²) in [5, 5.41) is 4.40. The number of benzene rings is 1. The first kappa shape index (κ1) is 15.5. The molecular formula is C17H26ClNO. The van der Waals surface area contributed by atoms with Crippen molar-refractivity contribution in [3.63, 3.8) is 0 Å². The van der Waals surface area contributed by atoms with Crippen LogP contribution < -0.4 is 10.1 Å². The van der Waals surface area contributed by atoms with Crippen molar-refractivity contribution >= 4 is 17.3 Å². The highest BCUT2D eigenvalue weighted by Gasteiger charge is 2.28. The van der Waals surface area contributed by atoms with Gasteiger partial charge in [0.1, 0.15) is 5.75 Å². The Balaban J connectivity index is 2.09. The van der Waals surface area contributed by atoms with Crippen LogP contribution in [0.2, 0.25) is 5.02 Å². The third-order valence-corrected chi connectivity index (χ3v) is 4.20. The Morgan fingerprint density at radius 2 is 2.20 bits per heavy atom. The molecule has 20 heavy (non-hydrogen) atoms. The molecule has 1 aromatic carbocycles. The number of nitrogens with one attached hydrogen (secondary N) is 1. The summed E-state index contributed by atoms with van der Waals surface area (Å²) in [5.41, 5.74) is 1.47. The first-order valence-corrected chi connectivity index (χ1v) is 8.07. The summed E-state index contributed by atoms with van der Waals surface area (Å²) >= 11 is 6.13. The highest BCUT2D eigenvalue weighted by molar-refractivity contribution is 6.30. The maximum Gasteiger partial charge on any atom is 0.142 e. The number of hydrogen-bond acceptors (Lipinski definition) is 2. The topological polar surface area (TPSA) is 21.3 Å². The molecular weight excluding hydrogens is 270 g/mol. The highest BCUT2D eigenvalue weighted by atomic mass is 35.5. The Morgan fingerprint density at radius 3 is 2.90 bits per heavy atom.